The van der Waals surface area contributed by atoms with E-state index in [1.165, 1.54) is 36.4 Å². The quantitative estimate of drug-likeness (QED) is 0.672. The predicted molar refractivity (Wildman–Crippen MR) is 89.9 cm³/mol. The second-order valence-electron chi connectivity index (χ2n) is 5.64. The minimum atomic E-state index is -4.45. The van der Waals surface area contributed by atoms with Gasteiger partial charge in [-0.25, -0.2) is 9.18 Å². The van der Waals surface area contributed by atoms with Gasteiger partial charge in [0.2, 0.25) is 5.91 Å². The highest BCUT2D eigenvalue weighted by atomic mass is 19.4. The Bertz CT molecular complexity index is 792. The molecule has 0 spiro atoms. The maximum atomic E-state index is 12.8. The molecule has 0 aliphatic heterocycles. The third kappa shape index (κ3) is 6.96. The van der Waals surface area contributed by atoms with Gasteiger partial charge in [-0.1, -0.05) is 24.3 Å². The third-order valence-corrected chi connectivity index (χ3v) is 3.52. The number of hydrogen-bond acceptors (Lipinski definition) is 2. The van der Waals surface area contributed by atoms with Crippen molar-refractivity contribution in [1.82, 2.24) is 16.0 Å². The van der Waals surface area contributed by atoms with E-state index in [9.17, 15) is 27.2 Å². The van der Waals surface area contributed by atoms with Gasteiger partial charge < -0.3 is 16.0 Å². The molecule has 9 heteroatoms. The first-order valence-electron chi connectivity index (χ1n) is 7.93. The van der Waals surface area contributed by atoms with Crippen LogP contribution in [0.3, 0.4) is 0 Å². The van der Waals surface area contributed by atoms with E-state index >= 15 is 0 Å². The Morgan fingerprint density at radius 1 is 0.852 bits per heavy atom. The molecule has 0 saturated heterocycles. The molecular formula is C18H17F4N3O2. The van der Waals surface area contributed by atoms with Gasteiger partial charge in [-0.2, -0.15) is 13.2 Å². The van der Waals surface area contributed by atoms with Gasteiger partial charge in [0.25, 0.3) is 0 Å². The zero-order valence-electron chi connectivity index (χ0n) is 14.1. The maximum Gasteiger partial charge on any atom is 0.416 e. The second kappa shape index (κ2) is 9.02. The average molecular weight is 383 g/mol. The molecule has 0 heterocycles. The Kier molecular flexibility index (Phi) is 6.75. The summed E-state index contributed by atoms with van der Waals surface area (Å²) in [6.07, 6.45) is -4.45. The summed E-state index contributed by atoms with van der Waals surface area (Å²) in [5.74, 6) is -0.940. The summed E-state index contributed by atoms with van der Waals surface area (Å²) in [5, 5.41) is 7.24. The van der Waals surface area contributed by atoms with Gasteiger partial charge in [0.1, 0.15) is 5.82 Å². The molecule has 2 aromatic carbocycles. The molecular weight excluding hydrogens is 366 g/mol. The van der Waals surface area contributed by atoms with Crippen molar-refractivity contribution < 1.29 is 27.2 Å². The molecule has 0 unspecified atom stereocenters. The van der Waals surface area contributed by atoms with Gasteiger partial charge in [-0.15, -0.1) is 0 Å². The summed E-state index contributed by atoms with van der Waals surface area (Å²) in [6, 6.07) is 9.54. The van der Waals surface area contributed by atoms with Crippen molar-refractivity contribution in [2.75, 3.05) is 6.54 Å². The Hall–Kier alpha value is -3.10. The number of amides is 3. The maximum absolute atomic E-state index is 12.8. The lowest BCUT2D eigenvalue weighted by atomic mass is 10.1. The molecule has 0 aromatic heterocycles. The molecule has 5 nitrogen and oxygen atoms in total. The SMILES string of the molecule is O=C(CNC(=O)NCc1ccc(F)cc1)NCc1cccc(C(F)(F)F)c1. The highest BCUT2D eigenvalue weighted by Crippen LogP contribution is 2.29. The van der Waals surface area contributed by atoms with Crippen molar-refractivity contribution >= 4 is 11.9 Å². The first kappa shape index (κ1) is 20.2. The predicted octanol–water partition coefficient (Wildman–Crippen LogP) is 2.96. The smallest absolute Gasteiger partial charge is 0.350 e. The summed E-state index contributed by atoms with van der Waals surface area (Å²) in [7, 11) is 0. The van der Waals surface area contributed by atoms with Crippen LogP contribution in [-0.4, -0.2) is 18.5 Å². The molecule has 0 aliphatic carbocycles. The van der Waals surface area contributed by atoms with Crippen LogP contribution in [0.25, 0.3) is 0 Å². The molecule has 27 heavy (non-hydrogen) atoms. The van der Waals surface area contributed by atoms with E-state index in [1.54, 1.807) is 0 Å². The van der Waals surface area contributed by atoms with Gasteiger partial charge in [0.05, 0.1) is 12.1 Å². The molecule has 144 valence electrons. The number of halogens is 4. The Morgan fingerprint density at radius 3 is 2.19 bits per heavy atom. The van der Waals surface area contributed by atoms with Crippen molar-refractivity contribution in [3.8, 4) is 0 Å². The van der Waals surface area contributed by atoms with E-state index in [0.29, 0.717) is 11.1 Å². The van der Waals surface area contributed by atoms with Crippen LogP contribution in [0.1, 0.15) is 16.7 Å². The number of rotatable bonds is 6. The Labute approximate surface area is 152 Å². The van der Waals surface area contributed by atoms with Crippen molar-refractivity contribution in [3.05, 3.63) is 71.0 Å². The van der Waals surface area contributed by atoms with Crippen LogP contribution >= 0.6 is 0 Å². The molecule has 3 amide bonds. The van der Waals surface area contributed by atoms with Crippen LogP contribution in [0.2, 0.25) is 0 Å². The molecule has 0 bridgehead atoms. The number of hydrogen-bond donors (Lipinski definition) is 3. The third-order valence-electron chi connectivity index (χ3n) is 3.52. The highest BCUT2D eigenvalue weighted by Gasteiger charge is 2.30. The summed E-state index contributed by atoms with van der Waals surface area (Å²) in [5.41, 5.74) is 0.173. The van der Waals surface area contributed by atoms with E-state index < -0.39 is 23.7 Å². The fourth-order valence-corrected chi connectivity index (χ4v) is 2.13. The van der Waals surface area contributed by atoms with Crippen molar-refractivity contribution in [1.29, 1.82) is 0 Å². The van der Waals surface area contributed by atoms with Crippen molar-refractivity contribution in [2.45, 2.75) is 19.3 Å². The largest absolute Gasteiger partial charge is 0.416 e. The van der Waals surface area contributed by atoms with Crippen LogP contribution in [0.15, 0.2) is 48.5 Å². The van der Waals surface area contributed by atoms with Crippen molar-refractivity contribution in [3.63, 3.8) is 0 Å². The molecule has 3 N–H and O–H groups in total. The number of alkyl halides is 3. The van der Waals surface area contributed by atoms with Crippen LogP contribution < -0.4 is 16.0 Å². The normalized spacial score (nSPS) is 11.0. The average Bonchev–Trinajstić information content (AvgIpc) is 2.64. The van der Waals surface area contributed by atoms with E-state index in [0.717, 1.165) is 12.1 Å². The van der Waals surface area contributed by atoms with E-state index in [1.807, 2.05) is 0 Å². The van der Waals surface area contributed by atoms with Crippen LogP contribution in [0.4, 0.5) is 22.4 Å². The van der Waals surface area contributed by atoms with E-state index in [2.05, 4.69) is 16.0 Å². The lowest BCUT2D eigenvalue weighted by Gasteiger charge is -2.10. The monoisotopic (exact) mass is 383 g/mol. The summed E-state index contributed by atoms with van der Waals surface area (Å²) >= 11 is 0. The highest BCUT2D eigenvalue weighted by molar-refractivity contribution is 5.83. The first-order valence-corrected chi connectivity index (χ1v) is 7.93. The Balaban J connectivity index is 1.71. The fraction of sp³-hybridized carbons (Fsp3) is 0.222. The van der Waals surface area contributed by atoms with Gasteiger partial charge >= 0.3 is 12.2 Å². The molecule has 2 rings (SSSR count). The molecule has 0 saturated carbocycles. The number of benzene rings is 2. The van der Waals surface area contributed by atoms with Crippen LogP contribution in [0, 0.1) is 5.82 Å². The van der Waals surface area contributed by atoms with Gasteiger partial charge in [-0.3, -0.25) is 4.79 Å². The minimum Gasteiger partial charge on any atom is -0.350 e. The molecule has 0 fully saturated rings. The van der Waals surface area contributed by atoms with Crippen LogP contribution in [-0.2, 0) is 24.1 Å². The van der Waals surface area contributed by atoms with E-state index in [-0.39, 0.29) is 25.5 Å². The molecule has 0 aliphatic rings. The fourth-order valence-electron chi connectivity index (χ4n) is 2.13. The van der Waals surface area contributed by atoms with Crippen molar-refractivity contribution in [2.24, 2.45) is 0 Å². The standard InChI is InChI=1S/C18H17F4N3O2/c19-15-6-4-12(5-7-15)9-24-17(27)25-11-16(26)23-10-13-2-1-3-14(8-13)18(20,21)22/h1-8H,9-11H2,(H,23,26)(H2,24,25,27). The molecule has 0 atom stereocenters. The minimum absolute atomic E-state index is 0.0956. The Morgan fingerprint density at radius 2 is 1.52 bits per heavy atom. The summed E-state index contributed by atoms with van der Waals surface area (Å²) in [6.45, 7) is -0.284. The number of nitrogens with one attached hydrogen (secondary N) is 3. The van der Waals surface area contributed by atoms with Gasteiger partial charge in [0.15, 0.2) is 0 Å². The van der Waals surface area contributed by atoms with Crippen LogP contribution in [0.5, 0.6) is 0 Å². The number of urea groups is 1. The van der Waals surface area contributed by atoms with Gasteiger partial charge in [0, 0.05) is 13.1 Å². The summed E-state index contributed by atoms with van der Waals surface area (Å²) < 4.78 is 50.7. The first-order chi connectivity index (χ1) is 12.7. The lowest BCUT2D eigenvalue weighted by Crippen LogP contribution is -2.41. The summed E-state index contributed by atoms with van der Waals surface area (Å²) in [4.78, 5) is 23.3. The number of carbonyl (C=O) groups excluding carboxylic acids is 2. The zero-order valence-corrected chi connectivity index (χ0v) is 14.1. The number of carbonyl (C=O) groups is 2. The van der Waals surface area contributed by atoms with E-state index in [4.69, 9.17) is 0 Å². The molecule has 0 radical (unpaired) electrons. The lowest BCUT2D eigenvalue weighted by molar-refractivity contribution is -0.137. The molecule has 2 aromatic rings. The van der Waals surface area contributed by atoms with Gasteiger partial charge in [-0.05, 0) is 35.4 Å². The zero-order chi connectivity index (χ0) is 19.9. The second-order valence-corrected chi connectivity index (χ2v) is 5.64. The topological polar surface area (TPSA) is 70.2 Å².